The van der Waals surface area contributed by atoms with Crippen LogP contribution in [0.25, 0.3) is 0 Å². The van der Waals surface area contributed by atoms with Crippen molar-refractivity contribution in [2.75, 3.05) is 16.2 Å². The number of anilines is 2. The molecule has 1 fully saturated rings. The van der Waals surface area contributed by atoms with Gasteiger partial charge >= 0.3 is 0 Å². The zero-order valence-corrected chi connectivity index (χ0v) is 14.9. The first-order valence-electron chi connectivity index (χ1n) is 7.98. The predicted molar refractivity (Wildman–Crippen MR) is 94.7 cm³/mol. The first kappa shape index (κ1) is 17.4. The topological polar surface area (TPSA) is 66.5 Å². The number of aryl methyl sites for hydroxylation is 1. The van der Waals surface area contributed by atoms with E-state index in [2.05, 4.69) is 4.72 Å². The normalized spacial score (nSPS) is 14.8. The van der Waals surface area contributed by atoms with E-state index in [0.29, 0.717) is 24.2 Å². The summed E-state index contributed by atoms with van der Waals surface area (Å²) in [6.07, 6.45) is 1.32. The molecule has 0 aromatic heterocycles. The Kier molecular flexibility index (Phi) is 4.51. The highest BCUT2D eigenvalue weighted by Gasteiger charge is 2.24. The van der Waals surface area contributed by atoms with Crippen molar-refractivity contribution in [3.63, 3.8) is 0 Å². The molecule has 5 nitrogen and oxygen atoms in total. The lowest BCUT2D eigenvalue weighted by Gasteiger charge is -2.18. The summed E-state index contributed by atoms with van der Waals surface area (Å²) in [4.78, 5) is 13.6. The largest absolute Gasteiger partial charge is 0.312 e. The van der Waals surface area contributed by atoms with Gasteiger partial charge in [0.05, 0.1) is 10.6 Å². The summed E-state index contributed by atoms with van der Waals surface area (Å²) in [6, 6.07) is 9.05. The van der Waals surface area contributed by atoms with Gasteiger partial charge < -0.3 is 4.90 Å². The van der Waals surface area contributed by atoms with E-state index in [0.717, 1.165) is 6.42 Å². The van der Waals surface area contributed by atoms with Crippen LogP contribution in [0.2, 0.25) is 0 Å². The Morgan fingerprint density at radius 2 is 1.92 bits per heavy atom. The molecule has 1 aliphatic rings. The van der Waals surface area contributed by atoms with Gasteiger partial charge in [-0.25, -0.2) is 12.8 Å². The number of rotatable bonds is 4. The molecule has 0 unspecified atom stereocenters. The van der Waals surface area contributed by atoms with E-state index in [9.17, 15) is 17.6 Å². The molecular formula is C18H19FN2O3S. The lowest BCUT2D eigenvalue weighted by atomic mass is 10.2. The summed E-state index contributed by atoms with van der Waals surface area (Å²) < 4.78 is 41.4. The smallest absolute Gasteiger partial charge is 0.262 e. The van der Waals surface area contributed by atoms with Crippen LogP contribution in [0, 0.1) is 19.7 Å². The fourth-order valence-corrected chi connectivity index (χ4v) is 4.29. The minimum absolute atomic E-state index is 0.0449. The van der Waals surface area contributed by atoms with Crippen LogP contribution in [0.15, 0.2) is 41.3 Å². The highest BCUT2D eigenvalue weighted by Crippen LogP contribution is 2.28. The number of sulfonamides is 1. The Bertz CT molecular complexity index is 941. The lowest BCUT2D eigenvalue weighted by Crippen LogP contribution is -2.24. The quantitative estimate of drug-likeness (QED) is 0.907. The van der Waals surface area contributed by atoms with Gasteiger partial charge in [-0.15, -0.1) is 0 Å². The number of hydrogen-bond acceptors (Lipinski definition) is 3. The standard InChI is InChI=1S/C18H19FN2O3S/c1-12-11-14(21-10-4-7-18(21)22)8-9-17(12)25(23,24)20-16-6-3-5-15(19)13(16)2/h3,5-6,8-9,11,20H,4,7,10H2,1-2H3. The summed E-state index contributed by atoms with van der Waals surface area (Å²) in [6.45, 7) is 3.84. The monoisotopic (exact) mass is 362 g/mol. The molecule has 132 valence electrons. The Labute approximate surface area is 146 Å². The molecule has 0 atom stereocenters. The summed E-state index contributed by atoms with van der Waals surface area (Å²) >= 11 is 0. The minimum Gasteiger partial charge on any atom is -0.312 e. The molecule has 1 aliphatic heterocycles. The zero-order chi connectivity index (χ0) is 18.2. The van der Waals surface area contributed by atoms with E-state index in [4.69, 9.17) is 0 Å². The van der Waals surface area contributed by atoms with Crippen molar-refractivity contribution in [1.29, 1.82) is 0 Å². The third-order valence-electron chi connectivity index (χ3n) is 4.35. The third kappa shape index (κ3) is 3.37. The van der Waals surface area contributed by atoms with Crippen LogP contribution in [0.1, 0.15) is 24.0 Å². The van der Waals surface area contributed by atoms with E-state index in [1.807, 2.05) is 0 Å². The highest BCUT2D eigenvalue weighted by molar-refractivity contribution is 7.92. The number of nitrogens with zero attached hydrogens (tertiary/aromatic N) is 1. The van der Waals surface area contributed by atoms with Crippen molar-refractivity contribution in [2.24, 2.45) is 0 Å². The number of carbonyl (C=O) groups excluding carboxylic acids is 1. The molecule has 0 saturated carbocycles. The molecule has 3 rings (SSSR count). The van der Waals surface area contributed by atoms with Crippen LogP contribution in [0.4, 0.5) is 15.8 Å². The Balaban J connectivity index is 1.92. The van der Waals surface area contributed by atoms with Gasteiger partial charge in [0.1, 0.15) is 5.82 Å². The van der Waals surface area contributed by atoms with Gasteiger partial charge in [0, 0.05) is 24.2 Å². The van der Waals surface area contributed by atoms with Gasteiger partial charge in [0.2, 0.25) is 5.91 Å². The van der Waals surface area contributed by atoms with Crippen molar-refractivity contribution >= 4 is 27.3 Å². The second kappa shape index (κ2) is 6.48. The molecule has 0 bridgehead atoms. The number of hydrogen-bond donors (Lipinski definition) is 1. The van der Waals surface area contributed by atoms with Crippen LogP contribution in [0.3, 0.4) is 0 Å². The molecule has 0 aliphatic carbocycles. The molecule has 2 aromatic carbocycles. The summed E-state index contributed by atoms with van der Waals surface area (Å²) in [5, 5.41) is 0. The SMILES string of the molecule is Cc1cc(N2CCCC2=O)ccc1S(=O)(=O)Nc1cccc(F)c1C. The highest BCUT2D eigenvalue weighted by atomic mass is 32.2. The maximum absolute atomic E-state index is 13.6. The van der Waals surface area contributed by atoms with Crippen molar-refractivity contribution in [3.8, 4) is 0 Å². The van der Waals surface area contributed by atoms with Crippen molar-refractivity contribution < 1.29 is 17.6 Å². The molecule has 7 heteroatoms. The van der Waals surface area contributed by atoms with E-state index in [-0.39, 0.29) is 22.1 Å². The summed E-state index contributed by atoms with van der Waals surface area (Å²) in [5.74, 6) is -0.427. The summed E-state index contributed by atoms with van der Waals surface area (Å²) in [5.41, 5.74) is 1.67. The maximum Gasteiger partial charge on any atom is 0.262 e. The van der Waals surface area contributed by atoms with E-state index in [1.54, 1.807) is 24.0 Å². The van der Waals surface area contributed by atoms with Gasteiger partial charge in [0.25, 0.3) is 10.0 Å². The predicted octanol–water partition coefficient (Wildman–Crippen LogP) is 3.37. The van der Waals surface area contributed by atoms with Crippen molar-refractivity contribution in [2.45, 2.75) is 31.6 Å². The molecule has 1 N–H and O–H groups in total. The number of amides is 1. The van der Waals surface area contributed by atoms with Gasteiger partial charge in [-0.2, -0.15) is 0 Å². The van der Waals surface area contributed by atoms with Crippen LogP contribution in [-0.4, -0.2) is 20.9 Å². The lowest BCUT2D eigenvalue weighted by molar-refractivity contribution is -0.117. The van der Waals surface area contributed by atoms with E-state index in [1.165, 1.54) is 31.2 Å². The molecule has 2 aromatic rings. The van der Waals surface area contributed by atoms with Gasteiger partial charge in [-0.3, -0.25) is 9.52 Å². The Morgan fingerprint density at radius 1 is 1.16 bits per heavy atom. The molecular weight excluding hydrogens is 343 g/mol. The second-order valence-corrected chi connectivity index (χ2v) is 7.77. The maximum atomic E-state index is 13.6. The summed E-state index contributed by atoms with van der Waals surface area (Å²) in [7, 11) is -3.86. The second-order valence-electron chi connectivity index (χ2n) is 6.12. The fourth-order valence-electron chi connectivity index (χ4n) is 2.94. The average Bonchev–Trinajstić information content (AvgIpc) is 2.97. The molecule has 1 heterocycles. The fraction of sp³-hybridized carbons (Fsp3) is 0.278. The van der Waals surface area contributed by atoms with Crippen LogP contribution < -0.4 is 9.62 Å². The minimum atomic E-state index is -3.86. The number of benzene rings is 2. The van der Waals surface area contributed by atoms with Crippen LogP contribution >= 0.6 is 0 Å². The molecule has 1 saturated heterocycles. The number of carbonyl (C=O) groups is 1. The molecule has 0 radical (unpaired) electrons. The molecule has 25 heavy (non-hydrogen) atoms. The Morgan fingerprint density at radius 3 is 2.56 bits per heavy atom. The molecule has 1 amide bonds. The first-order chi connectivity index (χ1) is 11.8. The third-order valence-corrected chi connectivity index (χ3v) is 5.87. The van der Waals surface area contributed by atoms with Crippen LogP contribution in [0.5, 0.6) is 0 Å². The zero-order valence-electron chi connectivity index (χ0n) is 14.0. The average molecular weight is 362 g/mol. The van der Waals surface area contributed by atoms with Crippen molar-refractivity contribution in [1.82, 2.24) is 0 Å². The van der Waals surface area contributed by atoms with Crippen LogP contribution in [-0.2, 0) is 14.8 Å². The van der Waals surface area contributed by atoms with Gasteiger partial charge in [0.15, 0.2) is 0 Å². The van der Waals surface area contributed by atoms with E-state index < -0.39 is 15.8 Å². The van der Waals surface area contributed by atoms with Crippen molar-refractivity contribution in [3.05, 3.63) is 53.3 Å². The van der Waals surface area contributed by atoms with Gasteiger partial charge in [-0.1, -0.05) is 6.07 Å². The number of nitrogens with one attached hydrogen (secondary N) is 1. The number of halogens is 1. The first-order valence-corrected chi connectivity index (χ1v) is 9.47. The van der Waals surface area contributed by atoms with Gasteiger partial charge in [-0.05, 0) is 56.2 Å². The molecule has 0 spiro atoms. The van der Waals surface area contributed by atoms with E-state index >= 15 is 0 Å². The Hall–Kier alpha value is -2.41.